The Kier molecular flexibility index (Phi) is 6.95. The maximum atomic E-state index is 12.6. The third-order valence-electron chi connectivity index (χ3n) is 4.88. The van der Waals surface area contributed by atoms with Crippen molar-refractivity contribution >= 4 is 5.78 Å². The molecule has 0 atom stereocenters. The maximum absolute atomic E-state index is 12.6. The summed E-state index contributed by atoms with van der Waals surface area (Å²) < 4.78 is 5.44. The molecular weight excluding hydrogens is 272 g/mol. The molecule has 0 amide bonds. The average Bonchev–Trinajstić information content (AvgIpc) is 2.56. The van der Waals surface area contributed by atoms with Gasteiger partial charge in [-0.25, -0.2) is 0 Å². The molecule has 0 unspecified atom stereocenters. The van der Waals surface area contributed by atoms with Crippen LogP contribution in [0.4, 0.5) is 0 Å². The molecule has 0 aromatic heterocycles. The van der Waals surface area contributed by atoms with Crippen molar-refractivity contribution in [2.45, 2.75) is 65.2 Å². The Labute approximate surface area is 135 Å². The summed E-state index contributed by atoms with van der Waals surface area (Å²) >= 11 is 0. The Balaban J connectivity index is 1.81. The van der Waals surface area contributed by atoms with Crippen molar-refractivity contribution in [2.24, 2.45) is 11.8 Å². The van der Waals surface area contributed by atoms with Gasteiger partial charge in [0, 0.05) is 11.5 Å². The molecule has 0 bridgehead atoms. The zero-order valence-corrected chi connectivity index (χ0v) is 14.1. The number of unbranched alkanes of at least 4 members (excludes halogenated alkanes) is 2. The molecule has 122 valence electrons. The number of Topliss-reactive ketones (excluding diaryl/α,β-unsaturated/α-hetero) is 1. The Morgan fingerprint density at radius 1 is 1.05 bits per heavy atom. The summed E-state index contributed by atoms with van der Waals surface area (Å²) in [5, 5.41) is 0. The molecule has 1 aromatic rings. The van der Waals surface area contributed by atoms with Gasteiger partial charge < -0.3 is 4.74 Å². The zero-order chi connectivity index (χ0) is 15.8. The van der Waals surface area contributed by atoms with E-state index in [1.807, 2.05) is 31.2 Å². The van der Waals surface area contributed by atoms with Crippen molar-refractivity contribution < 1.29 is 9.53 Å². The van der Waals surface area contributed by atoms with Crippen molar-refractivity contribution in [3.8, 4) is 5.75 Å². The van der Waals surface area contributed by atoms with Crippen LogP contribution >= 0.6 is 0 Å². The summed E-state index contributed by atoms with van der Waals surface area (Å²) in [6, 6.07) is 7.65. The Morgan fingerprint density at radius 2 is 1.73 bits per heavy atom. The molecule has 0 radical (unpaired) electrons. The number of ketones is 1. The normalized spacial score (nSPS) is 21.5. The molecule has 1 aromatic carbocycles. The molecule has 1 fully saturated rings. The van der Waals surface area contributed by atoms with Gasteiger partial charge in [-0.2, -0.15) is 0 Å². The molecule has 2 rings (SSSR count). The standard InChI is InChI=1S/C20H30O2/c1-3-5-6-7-16-8-10-17(11-9-16)20(21)18-12-14-19(15-13-18)22-4-2/h12-17H,3-11H2,1-2H3. The number of benzene rings is 1. The van der Waals surface area contributed by atoms with Crippen LogP contribution in [0, 0.1) is 11.8 Å². The van der Waals surface area contributed by atoms with Gasteiger partial charge in [0.15, 0.2) is 5.78 Å². The van der Waals surface area contributed by atoms with Crippen molar-refractivity contribution in [2.75, 3.05) is 6.61 Å². The molecule has 2 heteroatoms. The highest BCUT2D eigenvalue weighted by atomic mass is 16.5. The zero-order valence-electron chi connectivity index (χ0n) is 14.1. The molecule has 1 saturated carbocycles. The van der Waals surface area contributed by atoms with Crippen molar-refractivity contribution in [1.29, 1.82) is 0 Å². The third kappa shape index (κ3) is 4.86. The lowest BCUT2D eigenvalue weighted by atomic mass is 9.77. The third-order valence-corrected chi connectivity index (χ3v) is 4.88. The largest absolute Gasteiger partial charge is 0.494 e. The number of carbonyl (C=O) groups is 1. The van der Waals surface area contributed by atoms with E-state index in [9.17, 15) is 4.79 Å². The van der Waals surface area contributed by atoms with Gasteiger partial charge in [-0.3, -0.25) is 4.79 Å². The van der Waals surface area contributed by atoms with E-state index in [1.54, 1.807) is 0 Å². The van der Waals surface area contributed by atoms with Crippen LogP contribution in [0.3, 0.4) is 0 Å². The van der Waals surface area contributed by atoms with Crippen molar-refractivity contribution in [3.63, 3.8) is 0 Å². The van der Waals surface area contributed by atoms with Crippen molar-refractivity contribution in [1.82, 2.24) is 0 Å². The summed E-state index contributed by atoms with van der Waals surface area (Å²) in [6.45, 7) is 4.89. The number of ether oxygens (including phenoxy) is 1. The van der Waals surface area contributed by atoms with Crippen LogP contribution in [0.2, 0.25) is 0 Å². The lowest BCUT2D eigenvalue weighted by Crippen LogP contribution is -2.22. The van der Waals surface area contributed by atoms with Gasteiger partial charge in [-0.05, 0) is 62.8 Å². The number of hydrogen-bond acceptors (Lipinski definition) is 2. The van der Waals surface area contributed by atoms with Crippen LogP contribution in [-0.4, -0.2) is 12.4 Å². The fourth-order valence-corrected chi connectivity index (χ4v) is 3.51. The topological polar surface area (TPSA) is 26.3 Å². The van der Waals surface area contributed by atoms with Crippen LogP contribution in [0.25, 0.3) is 0 Å². The summed E-state index contributed by atoms with van der Waals surface area (Å²) in [5.41, 5.74) is 0.845. The van der Waals surface area contributed by atoms with Gasteiger partial charge >= 0.3 is 0 Å². The van der Waals surface area contributed by atoms with Crippen LogP contribution < -0.4 is 4.74 Å². The van der Waals surface area contributed by atoms with E-state index in [0.29, 0.717) is 12.4 Å². The fraction of sp³-hybridized carbons (Fsp3) is 0.650. The Hall–Kier alpha value is -1.31. The van der Waals surface area contributed by atoms with Gasteiger partial charge in [-0.15, -0.1) is 0 Å². The average molecular weight is 302 g/mol. The number of hydrogen-bond donors (Lipinski definition) is 0. The second-order valence-corrected chi connectivity index (χ2v) is 6.54. The van der Waals surface area contributed by atoms with E-state index in [1.165, 1.54) is 38.5 Å². The maximum Gasteiger partial charge on any atom is 0.165 e. The molecule has 1 aliphatic rings. The molecule has 1 aliphatic carbocycles. The van der Waals surface area contributed by atoms with Gasteiger partial charge in [0.2, 0.25) is 0 Å². The predicted molar refractivity (Wildman–Crippen MR) is 91.5 cm³/mol. The minimum Gasteiger partial charge on any atom is -0.494 e. The van der Waals surface area contributed by atoms with Crippen LogP contribution in [0.5, 0.6) is 5.75 Å². The SMILES string of the molecule is CCCCCC1CCC(C(=O)c2ccc(OCC)cc2)CC1. The first-order chi connectivity index (χ1) is 10.7. The first kappa shape index (κ1) is 17.1. The second-order valence-electron chi connectivity index (χ2n) is 6.54. The molecule has 0 saturated heterocycles. The van der Waals surface area contributed by atoms with Crippen LogP contribution in [-0.2, 0) is 0 Å². The fourth-order valence-electron chi connectivity index (χ4n) is 3.51. The molecule has 2 nitrogen and oxygen atoms in total. The highest BCUT2D eigenvalue weighted by Crippen LogP contribution is 2.34. The first-order valence-electron chi connectivity index (χ1n) is 9.01. The minimum absolute atomic E-state index is 0.236. The van der Waals surface area contributed by atoms with E-state index in [-0.39, 0.29) is 5.92 Å². The van der Waals surface area contributed by atoms with E-state index >= 15 is 0 Å². The molecular formula is C20H30O2. The summed E-state index contributed by atoms with van der Waals surface area (Å²) in [7, 11) is 0. The number of carbonyl (C=O) groups excluding carboxylic acids is 1. The van der Waals surface area contributed by atoms with Gasteiger partial charge in [0.25, 0.3) is 0 Å². The van der Waals surface area contributed by atoms with Crippen molar-refractivity contribution in [3.05, 3.63) is 29.8 Å². The summed E-state index contributed by atoms with van der Waals surface area (Å²) in [6.07, 6.45) is 9.98. The lowest BCUT2D eigenvalue weighted by Gasteiger charge is -2.27. The Morgan fingerprint density at radius 3 is 2.32 bits per heavy atom. The van der Waals surface area contributed by atoms with Gasteiger partial charge in [0.1, 0.15) is 5.75 Å². The quantitative estimate of drug-likeness (QED) is 0.458. The lowest BCUT2D eigenvalue weighted by molar-refractivity contribution is 0.0869. The van der Waals surface area contributed by atoms with E-state index in [0.717, 1.165) is 30.1 Å². The molecule has 22 heavy (non-hydrogen) atoms. The highest BCUT2D eigenvalue weighted by Gasteiger charge is 2.26. The highest BCUT2D eigenvalue weighted by molar-refractivity contribution is 5.98. The van der Waals surface area contributed by atoms with Gasteiger partial charge in [0.05, 0.1) is 6.61 Å². The molecule has 0 N–H and O–H groups in total. The summed E-state index contributed by atoms with van der Waals surface area (Å²) in [4.78, 5) is 12.6. The Bertz CT molecular complexity index is 441. The van der Waals surface area contributed by atoms with Crippen LogP contribution in [0.1, 0.15) is 75.6 Å². The minimum atomic E-state index is 0.236. The molecule has 0 aliphatic heterocycles. The van der Waals surface area contributed by atoms with E-state index in [2.05, 4.69) is 6.92 Å². The van der Waals surface area contributed by atoms with Crippen LogP contribution in [0.15, 0.2) is 24.3 Å². The van der Waals surface area contributed by atoms with E-state index < -0.39 is 0 Å². The molecule has 0 heterocycles. The smallest absolute Gasteiger partial charge is 0.165 e. The first-order valence-corrected chi connectivity index (χ1v) is 9.01. The second kappa shape index (κ2) is 8.97. The van der Waals surface area contributed by atoms with E-state index in [4.69, 9.17) is 4.74 Å². The van der Waals surface area contributed by atoms with Gasteiger partial charge in [-0.1, -0.05) is 32.6 Å². The molecule has 0 spiro atoms. The monoisotopic (exact) mass is 302 g/mol. The number of rotatable bonds is 8. The predicted octanol–water partition coefficient (Wildman–Crippen LogP) is 5.65. The summed E-state index contributed by atoms with van der Waals surface area (Å²) in [5.74, 6) is 2.27.